The minimum Gasteiger partial charge on any atom is -0.497 e. The van der Waals surface area contributed by atoms with Crippen LogP contribution in [-0.4, -0.2) is 46.7 Å². The number of anilines is 1. The molecule has 4 rings (SSSR count). The highest BCUT2D eigenvalue weighted by atomic mass is 32.2. The second-order valence-corrected chi connectivity index (χ2v) is 7.61. The van der Waals surface area contributed by atoms with Crippen molar-refractivity contribution in [2.75, 3.05) is 25.6 Å². The molecule has 0 radical (unpaired) electrons. The monoisotopic (exact) mass is 412 g/mol. The molecular weight excluding hydrogens is 392 g/mol. The maximum absolute atomic E-state index is 12.5. The summed E-state index contributed by atoms with van der Waals surface area (Å²) in [4.78, 5) is 17.0. The molecule has 1 aliphatic rings. The van der Waals surface area contributed by atoms with E-state index < -0.39 is 0 Å². The highest BCUT2D eigenvalue weighted by molar-refractivity contribution is 8.00. The number of hydrogen-bond acceptors (Lipinski definition) is 7. The number of carbonyl (C=O) groups excluding carboxylic acids is 1. The molecule has 0 saturated carbocycles. The van der Waals surface area contributed by atoms with Gasteiger partial charge in [-0.3, -0.25) is 9.89 Å². The lowest BCUT2D eigenvalue weighted by Gasteiger charge is -2.19. The van der Waals surface area contributed by atoms with E-state index in [1.54, 1.807) is 32.2 Å². The van der Waals surface area contributed by atoms with E-state index in [0.717, 1.165) is 11.3 Å². The Morgan fingerprint density at radius 3 is 2.69 bits per heavy atom. The molecule has 2 heterocycles. The molecule has 9 heteroatoms. The molecule has 0 saturated heterocycles. The van der Waals surface area contributed by atoms with Crippen LogP contribution in [-0.2, 0) is 4.79 Å². The summed E-state index contributed by atoms with van der Waals surface area (Å²) in [6, 6.07) is 12.8. The first-order valence-electron chi connectivity index (χ1n) is 9.06. The Hall–Kier alpha value is -3.20. The van der Waals surface area contributed by atoms with Crippen LogP contribution in [0, 0.1) is 0 Å². The van der Waals surface area contributed by atoms with Crippen LogP contribution in [0.5, 0.6) is 17.2 Å². The molecule has 2 N–H and O–H groups in total. The second-order valence-electron chi connectivity index (χ2n) is 6.30. The van der Waals surface area contributed by atoms with Crippen molar-refractivity contribution in [1.82, 2.24) is 15.2 Å². The fraction of sp³-hybridized carbons (Fsp3) is 0.250. The molecule has 0 fully saturated rings. The van der Waals surface area contributed by atoms with Gasteiger partial charge in [-0.1, -0.05) is 11.8 Å². The number of rotatable bonds is 6. The van der Waals surface area contributed by atoms with Crippen LogP contribution in [0.4, 0.5) is 5.69 Å². The van der Waals surface area contributed by atoms with Gasteiger partial charge in [-0.25, -0.2) is 4.98 Å². The van der Waals surface area contributed by atoms with E-state index in [9.17, 15) is 4.79 Å². The fourth-order valence-electron chi connectivity index (χ4n) is 2.75. The summed E-state index contributed by atoms with van der Waals surface area (Å²) in [5.74, 6) is 2.57. The number of aromatic amines is 1. The number of benzene rings is 2. The summed E-state index contributed by atoms with van der Waals surface area (Å²) >= 11 is 1.28. The number of nitrogens with one attached hydrogen (secondary N) is 2. The quantitative estimate of drug-likeness (QED) is 0.599. The highest BCUT2D eigenvalue weighted by Gasteiger charge is 2.19. The Balaban J connectivity index is 1.38. The zero-order valence-electron chi connectivity index (χ0n) is 16.0. The summed E-state index contributed by atoms with van der Waals surface area (Å²) < 4.78 is 16.2. The number of fused-ring (bicyclic) bond motifs is 1. The van der Waals surface area contributed by atoms with E-state index in [0.29, 0.717) is 41.4 Å². The summed E-state index contributed by atoms with van der Waals surface area (Å²) in [5.41, 5.74) is 1.54. The Kier molecular flexibility index (Phi) is 5.57. The van der Waals surface area contributed by atoms with Crippen molar-refractivity contribution < 1.29 is 19.0 Å². The van der Waals surface area contributed by atoms with Crippen LogP contribution >= 0.6 is 11.8 Å². The Bertz CT molecular complexity index is 1010. The number of thioether (sulfide) groups is 1. The van der Waals surface area contributed by atoms with Crippen molar-refractivity contribution in [3.8, 4) is 28.6 Å². The van der Waals surface area contributed by atoms with Crippen LogP contribution in [0.15, 0.2) is 47.6 Å². The fourth-order valence-corrected chi connectivity index (χ4v) is 3.48. The van der Waals surface area contributed by atoms with Crippen molar-refractivity contribution in [2.45, 2.75) is 17.3 Å². The van der Waals surface area contributed by atoms with Gasteiger partial charge in [-0.15, -0.1) is 5.10 Å². The molecule has 1 amide bonds. The van der Waals surface area contributed by atoms with Gasteiger partial charge in [0.1, 0.15) is 19.0 Å². The summed E-state index contributed by atoms with van der Waals surface area (Å²) in [6.07, 6.45) is 0. The van der Waals surface area contributed by atoms with E-state index in [1.807, 2.05) is 24.3 Å². The van der Waals surface area contributed by atoms with Gasteiger partial charge in [0.25, 0.3) is 0 Å². The SMILES string of the molecule is COc1ccc(-c2nc(S[C@H](C)C(=O)Nc3ccc4c(c3)OCCO4)n[nH]2)cc1. The molecular formula is C20H20N4O4S. The topological polar surface area (TPSA) is 98.4 Å². The van der Waals surface area contributed by atoms with Gasteiger partial charge in [-0.05, 0) is 43.3 Å². The van der Waals surface area contributed by atoms with Crippen molar-refractivity contribution in [3.63, 3.8) is 0 Å². The number of aromatic nitrogens is 3. The van der Waals surface area contributed by atoms with E-state index in [-0.39, 0.29) is 11.2 Å². The predicted octanol–water partition coefficient (Wildman–Crippen LogP) is 3.37. The van der Waals surface area contributed by atoms with E-state index in [2.05, 4.69) is 20.5 Å². The molecule has 0 bridgehead atoms. The lowest BCUT2D eigenvalue weighted by molar-refractivity contribution is -0.115. The molecule has 0 aliphatic carbocycles. The highest BCUT2D eigenvalue weighted by Crippen LogP contribution is 2.33. The van der Waals surface area contributed by atoms with Crippen molar-refractivity contribution in [3.05, 3.63) is 42.5 Å². The largest absolute Gasteiger partial charge is 0.497 e. The van der Waals surface area contributed by atoms with E-state index in [4.69, 9.17) is 14.2 Å². The van der Waals surface area contributed by atoms with Crippen LogP contribution in [0.1, 0.15) is 6.92 Å². The normalized spacial score (nSPS) is 13.6. The number of H-pyrrole nitrogens is 1. The number of hydrogen-bond donors (Lipinski definition) is 2. The summed E-state index contributed by atoms with van der Waals surface area (Å²) in [5, 5.41) is 10.1. The second kappa shape index (κ2) is 8.44. The number of amides is 1. The van der Waals surface area contributed by atoms with Gasteiger partial charge in [0, 0.05) is 17.3 Å². The molecule has 0 spiro atoms. The minimum atomic E-state index is -0.386. The number of carbonyl (C=O) groups is 1. The zero-order chi connectivity index (χ0) is 20.2. The lowest BCUT2D eigenvalue weighted by Crippen LogP contribution is -2.23. The van der Waals surface area contributed by atoms with Gasteiger partial charge in [-0.2, -0.15) is 0 Å². The van der Waals surface area contributed by atoms with Crippen molar-refractivity contribution in [1.29, 1.82) is 0 Å². The zero-order valence-corrected chi connectivity index (χ0v) is 16.8. The van der Waals surface area contributed by atoms with Gasteiger partial charge in [0.2, 0.25) is 11.1 Å². The number of methoxy groups -OCH3 is 1. The first kappa shape index (κ1) is 19.1. The minimum absolute atomic E-state index is 0.150. The molecule has 150 valence electrons. The average Bonchev–Trinajstić information content (AvgIpc) is 3.22. The van der Waals surface area contributed by atoms with Crippen LogP contribution in [0.25, 0.3) is 11.4 Å². The first-order chi connectivity index (χ1) is 14.1. The van der Waals surface area contributed by atoms with Gasteiger partial charge in [0.15, 0.2) is 17.3 Å². The molecule has 8 nitrogen and oxygen atoms in total. The average molecular weight is 412 g/mol. The molecule has 1 aliphatic heterocycles. The lowest BCUT2D eigenvalue weighted by atomic mass is 10.2. The summed E-state index contributed by atoms with van der Waals surface area (Å²) in [6.45, 7) is 2.83. The Morgan fingerprint density at radius 2 is 1.93 bits per heavy atom. The van der Waals surface area contributed by atoms with Crippen LogP contribution in [0.2, 0.25) is 0 Å². The van der Waals surface area contributed by atoms with Gasteiger partial charge in [0.05, 0.1) is 12.4 Å². The Labute approximate surface area is 172 Å². The van der Waals surface area contributed by atoms with Gasteiger partial charge >= 0.3 is 0 Å². The third-order valence-electron chi connectivity index (χ3n) is 4.29. The smallest absolute Gasteiger partial charge is 0.237 e. The molecule has 2 aromatic carbocycles. The molecule has 1 aromatic heterocycles. The van der Waals surface area contributed by atoms with E-state index in [1.165, 1.54) is 11.8 Å². The molecule has 29 heavy (non-hydrogen) atoms. The molecule has 3 aromatic rings. The van der Waals surface area contributed by atoms with E-state index >= 15 is 0 Å². The Morgan fingerprint density at radius 1 is 1.17 bits per heavy atom. The third kappa shape index (κ3) is 4.45. The first-order valence-corrected chi connectivity index (χ1v) is 9.94. The number of ether oxygens (including phenoxy) is 3. The van der Waals surface area contributed by atoms with Crippen molar-refractivity contribution in [2.24, 2.45) is 0 Å². The molecule has 1 atom stereocenters. The van der Waals surface area contributed by atoms with Crippen LogP contribution < -0.4 is 19.5 Å². The number of nitrogens with zero attached hydrogens (tertiary/aromatic N) is 2. The third-order valence-corrected chi connectivity index (χ3v) is 5.25. The maximum Gasteiger partial charge on any atom is 0.237 e. The standard InChI is InChI=1S/C20H20N4O4S/c1-12(19(25)21-14-5-8-16-17(11-14)28-10-9-27-16)29-20-22-18(23-24-20)13-3-6-15(26-2)7-4-13/h3-8,11-12H,9-10H2,1-2H3,(H,21,25)(H,22,23,24)/t12-/m1/s1. The summed E-state index contributed by atoms with van der Waals surface area (Å²) in [7, 11) is 1.62. The molecule has 0 unspecified atom stereocenters. The maximum atomic E-state index is 12.5. The van der Waals surface area contributed by atoms with Crippen LogP contribution in [0.3, 0.4) is 0 Å². The van der Waals surface area contributed by atoms with Gasteiger partial charge < -0.3 is 19.5 Å². The predicted molar refractivity (Wildman–Crippen MR) is 110 cm³/mol. The van der Waals surface area contributed by atoms with Crippen molar-refractivity contribution >= 4 is 23.4 Å².